The van der Waals surface area contributed by atoms with Crippen LogP contribution in [0.1, 0.15) is 27.2 Å². The van der Waals surface area contributed by atoms with E-state index in [1.807, 2.05) is 24.4 Å². The Kier molecular flexibility index (Phi) is 3.70. The molecule has 0 spiro atoms. The molecular weight excluding hydrogens is 222 g/mol. The Balaban J connectivity index is 2.42. The van der Waals surface area contributed by atoms with Crippen molar-refractivity contribution in [2.75, 3.05) is 11.1 Å². The van der Waals surface area contributed by atoms with Gasteiger partial charge in [-0.25, -0.2) is 0 Å². The zero-order chi connectivity index (χ0) is 13.1. The number of hydrogen-bond acceptors (Lipinski definition) is 3. The van der Waals surface area contributed by atoms with Crippen LogP contribution in [0.2, 0.25) is 0 Å². The van der Waals surface area contributed by atoms with Crippen LogP contribution in [0.15, 0.2) is 30.6 Å². The van der Waals surface area contributed by atoms with E-state index in [1.165, 1.54) is 0 Å². The summed E-state index contributed by atoms with van der Waals surface area (Å²) in [5, 5.41) is 5.76. The number of nitrogens with one attached hydrogen (secondary N) is 1. The maximum Gasteiger partial charge on any atom is 0.0439 e. The molecule has 3 N–H and O–H groups in total. The Hall–Kier alpha value is -1.77. The van der Waals surface area contributed by atoms with Crippen molar-refractivity contribution in [3.63, 3.8) is 0 Å². The molecule has 0 saturated carbocycles. The lowest BCUT2D eigenvalue weighted by Crippen LogP contribution is -2.24. The van der Waals surface area contributed by atoms with Crippen molar-refractivity contribution in [2.45, 2.75) is 33.2 Å². The number of nitrogens with zero attached hydrogens (tertiary/aromatic N) is 1. The third-order valence-electron chi connectivity index (χ3n) is 3.44. The van der Waals surface area contributed by atoms with E-state index < -0.39 is 0 Å². The molecule has 0 aliphatic rings. The summed E-state index contributed by atoms with van der Waals surface area (Å²) in [6.45, 7) is 6.67. The van der Waals surface area contributed by atoms with Crippen LogP contribution < -0.4 is 11.1 Å². The van der Waals surface area contributed by atoms with Gasteiger partial charge in [0.05, 0.1) is 0 Å². The summed E-state index contributed by atoms with van der Waals surface area (Å²) in [7, 11) is 0. The van der Waals surface area contributed by atoms with Crippen molar-refractivity contribution in [2.24, 2.45) is 5.92 Å². The molecule has 2 rings (SSSR count). The first kappa shape index (κ1) is 12.7. The molecule has 1 atom stereocenters. The second-order valence-corrected chi connectivity index (χ2v) is 5.03. The van der Waals surface area contributed by atoms with Gasteiger partial charge in [0.1, 0.15) is 0 Å². The summed E-state index contributed by atoms with van der Waals surface area (Å²) >= 11 is 0. The highest BCUT2D eigenvalue weighted by molar-refractivity contribution is 6.00. The first-order valence-corrected chi connectivity index (χ1v) is 6.52. The number of pyridine rings is 1. The van der Waals surface area contributed by atoms with Gasteiger partial charge < -0.3 is 11.1 Å². The van der Waals surface area contributed by atoms with Gasteiger partial charge in [-0.2, -0.15) is 0 Å². The van der Waals surface area contributed by atoms with Crippen molar-refractivity contribution < 1.29 is 0 Å². The van der Waals surface area contributed by atoms with Gasteiger partial charge in [0, 0.05) is 40.6 Å². The van der Waals surface area contributed by atoms with Crippen LogP contribution in [0, 0.1) is 5.92 Å². The molecule has 0 fully saturated rings. The van der Waals surface area contributed by atoms with Gasteiger partial charge in [0.15, 0.2) is 0 Å². The molecule has 0 aliphatic carbocycles. The minimum atomic E-state index is 0.469. The van der Waals surface area contributed by atoms with Crippen LogP contribution in [0.4, 0.5) is 11.4 Å². The predicted octanol–water partition coefficient (Wildman–Crippen LogP) is 3.66. The van der Waals surface area contributed by atoms with Gasteiger partial charge in [0.25, 0.3) is 0 Å². The Labute approximate surface area is 108 Å². The quantitative estimate of drug-likeness (QED) is 0.806. The average Bonchev–Trinajstić information content (AvgIpc) is 2.38. The highest BCUT2D eigenvalue weighted by Gasteiger charge is 2.12. The molecule has 0 amide bonds. The number of nitrogen functional groups attached to an aromatic ring is 1. The molecule has 1 aromatic carbocycles. The molecule has 3 nitrogen and oxygen atoms in total. The molecule has 0 radical (unpaired) electrons. The predicted molar refractivity (Wildman–Crippen MR) is 78.7 cm³/mol. The van der Waals surface area contributed by atoms with E-state index in [1.54, 1.807) is 6.20 Å². The summed E-state index contributed by atoms with van der Waals surface area (Å²) < 4.78 is 0. The van der Waals surface area contributed by atoms with Crippen molar-refractivity contribution in [1.29, 1.82) is 0 Å². The van der Waals surface area contributed by atoms with Crippen molar-refractivity contribution >= 4 is 22.1 Å². The molecule has 18 heavy (non-hydrogen) atoms. The number of benzene rings is 1. The van der Waals surface area contributed by atoms with E-state index in [4.69, 9.17) is 5.73 Å². The normalized spacial score (nSPS) is 12.9. The van der Waals surface area contributed by atoms with Gasteiger partial charge in [-0.1, -0.05) is 20.8 Å². The minimum absolute atomic E-state index is 0.469. The molecule has 1 heterocycles. The summed E-state index contributed by atoms with van der Waals surface area (Å²) in [6, 6.07) is 6.44. The summed E-state index contributed by atoms with van der Waals surface area (Å²) in [4.78, 5) is 4.20. The zero-order valence-corrected chi connectivity index (χ0v) is 11.3. The van der Waals surface area contributed by atoms with E-state index in [9.17, 15) is 0 Å². The van der Waals surface area contributed by atoms with E-state index >= 15 is 0 Å². The number of rotatable bonds is 4. The second-order valence-electron chi connectivity index (χ2n) is 5.03. The van der Waals surface area contributed by atoms with E-state index in [0.29, 0.717) is 12.0 Å². The molecule has 0 saturated heterocycles. The van der Waals surface area contributed by atoms with Crippen LogP contribution >= 0.6 is 0 Å². The second kappa shape index (κ2) is 5.25. The third kappa shape index (κ3) is 2.40. The largest absolute Gasteiger partial charge is 0.398 e. The maximum atomic E-state index is 5.99. The van der Waals surface area contributed by atoms with Crippen molar-refractivity contribution in [3.8, 4) is 0 Å². The molecule has 96 valence electrons. The molecular formula is C15H21N3. The maximum absolute atomic E-state index is 5.99. The fourth-order valence-electron chi connectivity index (χ4n) is 2.28. The fourth-order valence-corrected chi connectivity index (χ4v) is 2.28. The average molecular weight is 243 g/mol. The van der Waals surface area contributed by atoms with Crippen LogP contribution in [-0.2, 0) is 0 Å². The smallest absolute Gasteiger partial charge is 0.0439 e. The first-order chi connectivity index (χ1) is 8.63. The lowest BCUT2D eigenvalue weighted by Gasteiger charge is -2.23. The number of aromatic nitrogens is 1. The highest BCUT2D eigenvalue weighted by Crippen LogP contribution is 2.28. The van der Waals surface area contributed by atoms with Gasteiger partial charge >= 0.3 is 0 Å². The third-order valence-corrected chi connectivity index (χ3v) is 3.44. The van der Waals surface area contributed by atoms with E-state index in [0.717, 1.165) is 28.6 Å². The number of nitrogens with two attached hydrogens (primary N) is 1. The standard InChI is InChI=1S/C15H21N3/c1-4-14(10(2)3)18-15-6-5-13(16)11-7-8-17-9-12(11)15/h5-10,14,18H,4,16H2,1-3H3. The number of fused-ring (bicyclic) bond motifs is 1. The molecule has 1 unspecified atom stereocenters. The zero-order valence-electron chi connectivity index (χ0n) is 11.3. The topological polar surface area (TPSA) is 50.9 Å². The van der Waals surface area contributed by atoms with Gasteiger partial charge in [-0.05, 0) is 30.5 Å². The lowest BCUT2D eigenvalue weighted by atomic mass is 10.0. The summed E-state index contributed by atoms with van der Waals surface area (Å²) in [5.41, 5.74) is 7.91. The molecule has 2 aromatic rings. The van der Waals surface area contributed by atoms with E-state index in [2.05, 4.69) is 31.1 Å². The number of anilines is 2. The minimum Gasteiger partial charge on any atom is -0.398 e. The molecule has 3 heteroatoms. The first-order valence-electron chi connectivity index (χ1n) is 6.52. The fraction of sp³-hybridized carbons (Fsp3) is 0.400. The summed E-state index contributed by atoms with van der Waals surface area (Å²) in [5.74, 6) is 0.597. The Morgan fingerprint density at radius 2 is 2.00 bits per heavy atom. The van der Waals surface area contributed by atoms with Crippen LogP contribution in [0.5, 0.6) is 0 Å². The monoisotopic (exact) mass is 243 g/mol. The Morgan fingerprint density at radius 3 is 2.67 bits per heavy atom. The van der Waals surface area contributed by atoms with Crippen LogP contribution in [0.3, 0.4) is 0 Å². The van der Waals surface area contributed by atoms with Gasteiger partial charge in [0.2, 0.25) is 0 Å². The van der Waals surface area contributed by atoms with Crippen molar-refractivity contribution in [3.05, 3.63) is 30.6 Å². The van der Waals surface area contributed by atoms with Crippen LogP contribution in [-0.4, -0.2) is 11.0 Å². The SMILES string of the molecule is CCC(Nc1ccc(N)c2ccncc12)C(C)C. The molecule has 0 bridgehead atoms. The Bertz CT molecular complexity index is 534. The summed E-state index contributed by atoms with van der Waals surface area (Å²) in [6.07, 6.45) is 4.76. The lowest BCUT2D eigenvalue weighted by molar-refractivity contribution is 0.511. The highest BCUT2D eigenvalue weighted by atomic mass is 14.9. The number of hydrogen-bond donors (Lipinski definition) is 2. The van der Waals surface area contributed by atoms with E-state index in [-0.39, 0.29) is 0 Å². The van der Waals surface area contributed by atoms with Crippen LogP contribution in [0.25, 0.3) is 10.8 Å². The molecule has 1 aromatic heterocycles. The molecule has 0 aliphatic heterocycles. The van der Waals surface area contributed by atoms with Gasteiger partial charge in [-0.15, -0.1) is 0 Å². The van der Waals surface area contributed by atoms with Gasteiger partial charge in [-0.3, -0.25) is 4.98 Å². The Morgan fingerprint density at radius 1 is 1.22 bits per heavy atom. The van der Waals surface area contributed by atoms with Crippen molar-refractivity contribution in [1.82, 2.24) is 4.98 Å².